The third-order valence-electron chi connectivity index (χ3n) is 5.55. The average molecular weight is 293 g/mol. The zero-order valence-corrected chi connectivity index (χ0v) is 12.4. The van der Waals surface area contributed by atoms with Crippen molar-refractivity contribution >= 4 is 17.5 Å². The van der Waals surface area contributed by atoms with Gasteiger partial charge in [0.15, 0.2) is 0 Å². The molecule has 1 saturated heterocycles. The number of benzene rings is 1. The highest BCUT2D eigenvalue weighted by molar-refractivity contribution is 6.23. The quantitative estimate of drug-likeness (QED) is 0.631. The molecule has 1 aromatic carbocycles. The Kier molecular flexibility index (Phi) is 2.86. The maximum atomic E-state index is 13.0. The summed E-state index contributed by atoms with van der Waals surface area (Å²) in [5.74, 6) is -0.161. The largest absolute Gasteiger partial charge is 0.274 e. The van der Waals surface area contributed by atoms with Gasteiger partial charge in [0.25, 0.3) is 0 Å². The van der Waals surface area contributed by atoms with Gasteiger partial charge in [-0.25, -0.2) is 0 Å². The number of hydrogen-bond donors (Lipinski definition) is 0. The lowest BCUT2D eigenvalue weighted by Crippen LogP contribution is -2.35. The summed E-state index contributed by atoms with van der Waals surface area (Å²) < 4.78 is 0. The summed E-state index contributed by atoms with van der Waals surface area (Å²) in [7, 11) is 0. The molecule has 3 nitrogen and oxygen atoms in total. The molecule has 4 atom stereocenters. The maximum Gasteiger partial charge on any atom is 0.238 e. The van der Waals surface area contributed by atoms with E-state index in [-0.39, 0.29) is 35.0 Å². The van der Waals surface area contributed by atoms with E-state index in [1.807, 2.05) is 36.4 Å². The number of fused-ring (bicyclic) bond motifs is 5. The van der Waals surface area contributed by atoms with Crippen LogP contribution in [0, 0.1) is 23.2 Å². The Morgan fingerprint density at radius 1 is 1.23 bits per heavy atom. The van der Waals surface area contributed by atoms with Crippen molar-refractivity contribution in [3.63, 3.8) is 0 Å². The lowest BCUT2D eigenvalue weighted by atomic mass is 9.72. The molecule has 2 fully saturated rings. The molecular weight excluding hydrogens is 274 g/mol. The lowest BCUT2D eigenvalue weighted by molar-refractivity contribution is -0.123. The highest BCUT2D eigenvalue weighted by Gasteiger charge is 2.65. The molecule has 2 aliphatic carbocycles. The monoisotopic (exact) mass is 293 g/mol. The molecule has 3 aliphatic rings. The van der Waals surface area contributed by atoms with E-state index >= 15 is 0 Å². The van der Waals surface area contributed by atoms with Gasteiger partial charge < -0.3 is 0 Å². The van der Waals surface area contributed by atoms with Crippen molar-refractivity contribution in [3.8, 4) is 0 Å². The van der Waals surface area contributed by atoms with Crippen LogP contribution in [0.25, 0.3) is 0 Å². The number of imide groups is 1. The minimum absolute atomic E-state index is 0.0166. The second kappa shape index (κ2) is 4.67. The predicted molar refractivity (Wildman–Crippen MR) is 85.0 cm³/mol. The van der Waals surface area contributed by atoms with Crippen LogP contribution < -0.4 is 4.90 Å². The number of para-hydroxylation sites is 1. The van der Waals surface area contributed by atoms with Crippen LogP contribution in [-0.2, 0) is 9.59 Å². The minimum atomic E-state index is -0.185. The minimum Gasteiger partial charge on any atom is -0.274 e. The van der Waals surface area contributed by atoms with Crippen molar-refractivity contribution < 1.29 is 9.59 Å². The van der Waals surface area contributed by atoms with Crippen molar-refractivity contribution in [2.45, 2.75) is 19.3 Å². The van der Waals surface area contributed by atoms with Crippen LogP contribution >= 0.6 is 0 Å². The third kappa shape index (κ3) is 1.62. The van der Waals surface area contributed by atoms with Crippen LogP contribution in [0.3, 0.4) is 0 Å². The fraction of sp³-hybridized carbons (Fsp3) is 0.368. The van der Waals surface area contributed by atoms with Crippen molar-refractivity contribution in [3.05, 3.63) is 55.1 Å². The number of anilines is 1. The molecule has 1 heterocycles. The summed E-state index contributed by atoms with van der Waals surface area (Å²) >= 11 is 0. The van der Waals surface area contributed by atoms with E-state index in [0.29, 0.717) is 5.69 Å². The number of carbonyl (C=O) groups is 2. The van der Waals surface area contributed by atoms with E-state index in [0.717, 1.165) is 19.3 Å². The zero-order chi connectivity index (χ0) is 15.3. The average Bonchev–Trinajstić information content (AvgIpc) is 3.17. The fourth-order valence-corrected chi connectivity index (χ4v) is 4.64. The number of hydrogen-bond acceptors (Lipinski definition) is 2. The van der Waals surface area contributed by atoms with E-state index in [9.17, 15) is 9.59 Å². The zero-order valence-electron chi connectivity index (χ0n) is 12.4. The Hall–Kier alpha value is -2.16. The first-order chi connectivity index (χ1) is 10.7. The van der Waals surface area contributed by atoms with E-state index in [1.165, 1.54) is 4.90 Å². The number of carbonyl (C=O) groups excluding carboxylic acids is 2. The van der Waals surface area contributed by atoms with Crippen molar-refractivity contribution in [2.75, 3.05) is 4.90 Å². The van der Waals surface area contributed by atoms with Gasteiger partial charge >= 0.3 is 0 Å². The topological polar surface area (TPSA) is 37.4 Å². The molecule has 2 bridgehead atoms. The molecule has 0 N–H and O–H groups in total. The standard InChI is InChI=1S/C19H19NO2/c1-2-3-10-19-11-9-13(12-19)15-16(19)18(22)20(17(15)21)14-7-5-4-6-8-14/h2,4-9,11,13,15-16H,1,3,10,12H2. The van der Waals surface area contributed by atoms with Gasteiger partial charge in [0.1, 0.15) is 0 Å². The molecule has 1 aromatic rings. The predicted octanol–water partition coefficient (Wildman–Crippen LogP) is 3.33. The number of amides is 2. The SMILES string of the molecule is C=CCCC12C=CC(C1)C1C(=O)N(c3ccccc3)C(=O)C12. The van der Waals surface area contributed by atoms with Gasteiger partial charge in [0.05, 0.1) is 17.5 Å². The molecule has 2 amide bonds. The molecule has 22 heavy (non-hydrogen) atoms. The van der Waals surface area contributed by atoms with E-state index < -0.39 is 0 Å². The Morgan fingerprint density at radius 3 is 2.73 bits per heavy atom. The molecular formula is C19H19NO2. The van der Waals surface area contributed by atoms with Gasteiger partial charge in [-0.3, -0.25) is 14.5 Å². The summed E-state index contributed by atoms with van der Waals surface area (Å²) in [6.07, 6.45) is 8.99. The van der Waals surface area contributed by atoms with Gasteiger partial charge in [-0.15, -0.1) is 6.58 Å². The number of rotatable bonds is 4. The van der Waals surface area contributed by atoms with Crippen LogP contribution in [0.2, 0.25) is 0 Å². The molecule has 4 unspecified atom stereocenters. The Labute approximate surface area is 130 Å². The summed E-state index contributed by atoms with van der Waals surface area (Å²) in [5.41, 5.74) is 0.560. The van der Waals surface area contributed by atoms with Crippen LogP contribution in [0.4, 0.5) is 5.69 Å². The van der Waals surface area contributed by atoms with Crippen LogP contribution in [0.15, 0.2) is 55.1 Å². The van der Waals surface area contributed by atoms with E-state index in [1.54, 1.807) is 0 Å². The molecule has 0 aromatic heterocycles. The normalized spacial score (nSPS) is 35.3. The summed E-state index contributed by atoms with van der Waals surface area (Å²) in [5, 5.41) is 0. The van der Waals surface area contributed by atoms with Crippen LogP contribution in [0.1, 0.15) is 19.3 Å². The molecule has 0 spiro atoms. The summed E-state index contributed by atoms with van der Waals surface area (Å²) in [6, 6.07) is 9.30. The van der Waals surface area contributed by atoms with Gasteiger partial charge in [-0.05, 0) is 37.3 Å². The van der Waals surface area contributed by atoms with Crippen molar-refractivity contribution in [1.82, 2.24) is 0 Å². The van der Waals surface area contributed by atoms with Gasteiger partial charge in [0, 0.05) is 5.41 Å². The first-order valence-electron chi connectivity index (χ1n) is 7.91. The molecule has 112 valence electrons. The van der Waals surface area contributed by atoms with Crippen LogP contribution in [0.5, 0.6) is 0 Å². The number of allylic oxidation sites excluding steroid dienone is 3. The Bertz CT molecular complexity index is 678. The number of nitrogens with zero attached hydrogens (tertiary/aromatic N) is 1. The molecule has 4 rings (SSSR count). The smallest absolute Gasteiger partial charge is 0.238 e. The first kappa shape index (κ1) is 13.5. The molecule has 0 radical (unpaired) electrons. The van der Waals surface area contributed by atoms with E-state index in [2.05, 4.69) is 18.7 Å². The van der Waals surface area contributed by atoms with Gasteiger partial charge in [-0.2, -0.15) is 0 Å². The summed E-state index contributed by atoms with van der Waals surface area (Å²) in [6.45, 7) is 3.80. The van der Waals surface area contributed by atoms with Gasteiger partial charge in [-0.1, -0.05) is 36.4 Å². The molecule has 3 heteroatoms. The second-order valence-corrected chi connectivity index (χ2v) is 6.64. The molecule has 1 saturated carbocycles. The maximum absolute atomic E-state index is 13.0. The lowest BCUT2D eigenvalue weighted by Gasteiger charge is -2.30. The Balaban J connectivity index is 1.73. The summed E-state index contributed by atoms with van der Waals surface area (Å²) in [4.78, 5) is 27.3. The van der Waals surface area contributed by atoms with Crippen molar-refractivity contribution in [1.29, 1.82) is 0 Å². The van der Waals surface area contributed by atoms with E-state index in [4.69, 9.17) is 0 Å². The van der Waals surface area contributed by atoms with Crippen molar-refractivity contribution in [2.24, 2.45) is 23.2 Å². The Morgan fingerprint density at radius 2 is 2.00 bits per heavy atom. The highest BCUT2D eigenvalue weighted by Crippen LogP contribution is 2.62. The third-order valence-corrected chi connectivity index (χ3v) is 5.55. The van der Waals surface area contributed by atoms with Crippen LogP contribution in [-0.4, -0.2) is 11.8 Å². The first-order valence-corrected chi connectivity index (χ1v) is 7.91. The molecule has 1 aliphatic heterocycles. The van der Waals surface area contributed by atoms with Gasteiger partial charge in [0.2, 0.25) is 11.8 Å². The second-order valence-electron chi connectivity index (χ2n) is 6.64. The highest BCUT2D eigenvalue weighted by atomic mass is 16.2. The fourth-order valence-electron chi connectivity index (χ4n) is 4.64.